The average molecular weight is 434 g/mol. The second kappa shape index (κ2) is 10.8. The summed E-state index contributed by atoms with van der Waals surface area (Å²) in [7, 11) is 8.88. The van der Waals surface area contributed by atoms with Gasteiger partial charge in [-0.25, -0.2) is 0 Å². The zero-order valence-electron chi connectivity index (χ0n) is 19.4. The van der Waals surface area contributed by atoms with E-state index in [1.807, 2.05) is 80.8 Å². The molecule has 0 saturated carbocycles. The number of nitrogens with zero attached hydrogens (tertiary/aromatic N) is 1. The molecule has 3 aromatic rings. The zero-order chi connectivity index (χ0) is 23.1. The van der Waals surface area contributed by atoms with Gasteiger partial charge in [0.25, 0.3) is 0 Å². The van der Waals surface area contributed by atoms with E-state index in [0.29, 0.717) is 17.9 Å². The fourth-order valence-electron chi connectivity index (χ4n) is 4.05. The SMILES string of the molecule is COc1cccc(C(=O)[C@H](CN(C)C)C(c2cccc(OC)c2)c2cccc(OC)c2)c1. The van der Waals surface area contributed by atoms with Crippen LogP contribution in [0.2, 0.25) is 0 Å². The number of methoxy groups -OCH3 is 3. The lowest BCUT2D eigenvalue weighted by molar-refractivity contribution is 0.0882. The third-order valence-corrected chi connectivity index (χ3v) is 5.56. The van der Waals surface area contributed by atoms with Crippen molar-refractivity contribution in [2.45, 2.75) is 5.92 Å². The van der Waals surface area contributed by atoms with E-state index >= 15 is 0 Å². The van der Waals surface area contributed by atoms with E-state index in [9.17, 15) is 4.79 Å². The summed E-state index contributed by atoms with van der Waals surface area (Å²) in [4.78, 5) is 16.0. The van der Waals surface area contributed by atoms with Gasteiger partial charge < -0.3 is 19.1 Å². The van der Waals surface area contributed by atoms with Crippen molar-refractivity contribution in [3.05, 3.63) is 89.5 Å². The molecule has 0 radical (unpaired) electrons. The van der Waals surface area contributed by atoms with Crippen LogP contribution in [-0.4, -0.2) is 52.7 Å². The number of rotatable bonds is 10. The average Bonchev–Trinajstić information content (AvgIpc) is 2.83. The molecular formula is C27H31NO4. The minimum atomic E-state index is -0.337. The van der Waals surface area contributed by atoms with Crippen molar-refractivity contribution in [3.8, 4) is 17.2 Å². The number of carbonyl (C=O) groups excluding carboxylic acids is 1. The summed E-state index contributed by atoms with van der Waals surface area (Å²) in [5, 5.41) is 0. The third-order valence-electron chi connectivity index (χ3n) is 5.56. The smallest absolute Gasteiger partial charge is 0.168 e. The number of hydrogen-bond acceptors (Lipinski definition) is 5. The van der Waals surface area contributed by atoms with Gasteiger partial charge in [0.15, 0.2) is 5.78 Å². The molecule has 0 N–H and O–H groups in total. The molecule has 5 heteroatoms. The van der Waals surface area contributed by atoms with E-state index < -0.39 is 0 Å². The van der Waals surface area contributed by atoms with Crippen LogP contribution in [0.4, 0.5) is 0 Å². The largest absolute Gasteiger partial charge is 0.497 e. The van der Waals surface area contributed by atoms with Gasteiger partial charge in [0.1, 0.15) is 17.2 Å². The Morgan fingerprint density at radius 2 is 1.22 bits per heavy atom. The van der Waals surface area contributed by atoms with Crippen molar-refractivity contribution in [2.24, 2.45) is 5.92 Å². The van der Waals surface area contributed by atoms with Crippen LogP contribution in [0.25, 0.3) is 0 Å². The van der Waals surface area contributed by atoms with Crippen LogP contribution >= 0.6 is 0 Å². The number of benzene rings is 3. The van der Waals surface area contributed by atoms with Crippen LogP contribution in [-0.2, 0) is 0 Å². The molecule has 1 atom stereocenters. The molecule has 0 aromatic heterocycles. The van der Waals surface area contributed by atoms with Crippen molar-refractivity contribution in [1.29, 1.82) is 0 Å². The highest BCUT2D eigenvalue weighted by molar-refractivity contribution is 5.99. The Labute approximate surface area is 190 Å². The Kier molecular flexibility index (Phi) is 7.90. The molecule has 0 saturated heterocycles. The lowest BCUT2D eigenvalue weighted by Gasteiger charge is -2.30. The maximum absolute atomic E-state index is 13.9. The van der Waals surface area contributed by atoms with Crippen LogP contribution in [0.3, 0.4) is 0 Å². The Morgan fingerprint density at radius 1 is 0.750 bits per heavy atom. The molecular weight excluding hydrogens is 402 g/mol. The van der Waals surface area contributed by atoms with Gasteiger partial charge in [0.2, 0.25) is 0 Å². The molecule has 0 spiro atoms. The lowest BCUT2D eigenvalue weighted by Crippen LogP contribution is -2.33. The summed E-state index contributed by atoms with van der Waals surface area (Å²) in [6.07, 6.45) is 0. The molecule has 0 fully saturated rings. The van der Waals surface area contributed by atoms with Gasteiger partial charge in [-0.05, 0) is 61.6 Å². The molecule has 0 aliphatic carbocycles. The van der Waals surface area contributed by atoms with Crippen LogP contribution < -0.4 is 14.2 Å². The van der Waals surface area contributed by atoms with Crippen LogP contribution in [0.1, 0.15) is 27.4 Å². The van der Waals surface area contributed by atoms with Gasteiger partial charge in [-0.2, -0.15) is 0 Å². The fourth-order valence-corrected chi connectivity index (χ4v) is 4.05. The van der Waals surface area contributed by atoms with Gasteiger partial charge in [-0.3, -0.25) is 4.79 Å². The highest BCUT2D eigenvalue weighted by atomic mass is 16.5. The molecule has 3 aromatic carbocycles. The Bertz CT molecular complexity index is 1000. The van der Waals surface area contributed by atoms with E-state index in [1.165, 1.54) is 0 Å². The Hall–Kier alpha value is -3.31. The highest BCUT2D eigenvalue weighted by Gasteiger charge is 2.33. The molecule has 0 amide bonds. The summed E-state index contributed by atoms with van der Waals surface area (Å²) in [6, 6.07) is 23.2. The number of carbonyl (C=O) groups is 1. The summed E-state index contributed by atoms with van der Waals surface area (Å²) >= 11 is 0. The molecule has 32 heavy (non-hydrogen) atoms. The predicted molar refractivity (Wildman–Crippen MR) is 127 cm³/mol. The highest BCUT2D eigenvalue weighted by Crippen LogP contribution is 2.37. The van der Waals surface area contributed by atoms with Gasteiger partial charge in [0.05, 0.1) is 21.3 Å². The Balaban J connectivity index is 2.17. The van der Waals surface area contributed by atoms with E-state index in [0.717, 1.165) is 22.6 Å². The maximum atomic E-state index is 13.9. The molecule has 0 bridgehead atoms. The normalized spacial score (nSPS) is 12.0. The third kappa shape index (κ3) is 5.48. The second-order valence-electron chi connectivity index (χ2n) is 8.00. The standard InChI is InChI=1S/C27H31NO4/c1-28(2)18-25(27(29)21-11-8-14-24(17-21)32-5)26(19-9-6-12-22(15-19)30-3)20-10-7-13-23(16-20)31-4/h6-17,25-26H,18H2,1-5H3/t25-/m1/s1. The van der Waals surface area contributed by atoms with Crippen LogP contribution in [0, 0.1) is 5.92 Å². The number of ether oxygens (including phenoxy) is 3. The van der Waals surface area contributed by atoms with Gasteiger partial charge >= 0.3 is 0 Å². The van der Waals surface area contributed by atoms with Crippen molar-refractivity contribution >= 4 is 5.78 Å². The first kappa shape index (κ1) is 23.4. The minimum absolute atomic E-state index is 0.0632. The zero-order valence-corrected chi connectivity index (χ0v) is 19.4. The first-order valence-corrected chi connectivity index (χ1v) is 10.6. The van der Waals surface area contributed by atoms with E-state index in [4.69, 9.17) is 14.2 Å². The molecule has 3 rings (SSSR count). The maximum Gasteiger partial charge on any atom is 0.168 e. The first-order valence-electron chi connectivity index (χ1n) is 10.6. The van der Waals surface area contributed by atoms with Crippen LogP contribution in [0.5, 0.6) is 17.2 Å². The van der Waals surface area contributed by atoms with E-state index in [2.05, 4.69) is 4.90 Å². The summed E-state index contributed by atoms with van der Waals surface area (Å²) < 4.78 is 16.3. The minimum Gasteiger partial charge on any atom is -0.497 e. The summed E-state index contributed by atoms with van der Waals surface area (Å²) in [6.45, 7) is 0.579. The number of ketones is 1. The van der Waals surface area contributed by atoms with Crippen molar-refractivity contribution in [2.75, 3.05) is 42.0 Å². The summed E-state index contributed by atoms with van der Waals surface area (Å²) in [5.41, 5.74) is 2.66. The lowest BCUT2D eigenvalue weighted by atomic mass is 9.76. The topological polar surface area (TPSA) is 48.0 Å². The fraction of sp³-hybridized carbons (Fsp3) is 0.296. The molecule has 0 aliphatic rings. The van der Waals surface area contributed by atoms with Gasteiger partial charge in [0, 0.05) is 23.9 Å². The molecule has 0 aliphatic heterocycles. The number of hydrogen-bond donors (Lipinski definition) is 0. The second-order valence-corrected chi connectivity index (χ2v) is 8.00. The monoisotopic (exact) mass is 433 g/mol. The van der Waals surface area contributed by atoms with Crippen molar-refractivity contribution in [3.63, 3.8) is 0 Å². The van der Waals surface area contributed by atoms with E-state index in [1.54, 1.807) is 27.4 Å². The molecule has 0 unspecified atom stereocenters. The van der Waals surface area contributed by atoms with E-state index in [-0.39, 0.29) is 17.6 Å². The van der Waals surface area contributed by atoms with Crippen molar-refractivity contribution < 1.29 is 19.0 Å². The first-order chi connectivity index (χ1) is 15.5. The summed E-state index contributed by atoms with van der Waals surface area (Å²) in [5.74, 6) is 1.71. The van der Waals surface area contributed by atoms with Crippen molar-refractivity contribution in [1.82, 2.24) is 4.90 Å². The van der Waals surface area contributed by atoms with Crippen LogP contribution in [0.15, 0.2) is 72.8 Å². The van der Waals surface area contributed by atoms with Gasteiger partial charge in [-0.15, -0.1) is 0 Å². The molecule has 5 nitrogen and oxygen atoms in total. The molecule has 0 heterocycles. The quantitative estimate of drug-likeness (QED) is 0.426. The predicted octanol–water partition coefficient (Wildman–Crippen LogP) is 4.91. The molecule has 168 valence electrons. The number of Topliss-reactive ketones (excluding diaryl/α,β-unsaturated/α-hetero) is 1. The van der Waals surface area contributed by atoms with Gasteiger partial charge in [-0.1, -0.05) is 36.4 Å². The Morgan fingerprint density at radius 3 is 1.69 bits per heavy atom.